The lowest BCUT2D eigenvalue weighted by Crippen LogP contribution is -2.49. The number of amides is 2. The van der Waals surface area contributed by atoms with Gasteiger partial charge in [-0.3, -0.25) is 4.79 Å². The second kappa shape index (κ2) is 8.27. The lowest BCUT2D eigenvalue weighted by molar-refractivity contribution is -0.118. The predicted octanol–water partition coefficient (Wildman–Crippen LogP) is 4.11. The highest BCUT2D eigenvalue weighted by Crippen LogP contribution is 2.37. The fourth-order valence-corrected chi connectivity index (χ4v) is 4.13. The second-order valence-electron chi connectivity index (χ2n) is 6.24. The quantitative estimate of drug-likeness (QED) is 0.850. The molecule has 6 heteroatoms. The van der Waals surface area contributed by atoms with Gasteiger partial charge in [-0.1, -0.05) is 43.3 Å². The average Bonchev–Trinajstić information content (AvgIpc) is 2.77. The van der Waals surface area contributed by atoms with Gasteiger partial charge in [0.2, 0.25) is 5.91 Å². The molecule has 1 unspecified atom stereocenters. The minimum Gasteiger partial charge on any atom is -0.445 e. The molecule has 0 bridgehead atoms. The maximum atomic E-state index is 12.6. The van der Waals surface area contributed by atoms with Crippen LogP contribution in [0.25, 0.3) is 0 Å². The number of benzene rings is 2. The van der Waals surface area contributed by atoms with Crippen molar-refractivity contribution in [1.82, 2.24) is 5.32 Å². The summed E-state index contributed by atoms with van der Waals surface area (Å²) in [4.78, 5) is 25.9. The van der Waals surface area contributed by atoms with Crippen LogP contribution in [0, 0.1) is 6.92 Å². The topological polar surface area (TPSA) is 67.4 Å². The molecule has 1 heterocycles. The van der Waals surface area contributed by atoms with Crippen molar-refractivity contribution in [2.45, 2.75) is 43.1 Å². The molecule has 1 aliphatic heterocycles. The number of rotatable bonds is 4. The van der Waals surface area contributed by atoms with Gasteiger partial charge in [0.1, 0.15) is 12.6 Å². The molecule has 2 aromatic rings. The number of hydrogen-bond donors (Lipinski definition) is 2. The van der Waals surface area contributed by atoms with Crippen LogP contribution in [0.4, 0.5) is 10.5 Å². The minimum atomic E-state index is -0.652. The molecule has 0 spiro atoms. The third-order valence-corrected chi connectivity index (χ3v) is 5.72. The largest absolute Gasteiger partial charge is 0.445 e. The Kier molecular flexibility index (Phi) is 5.83. The molecular formula is C20H22N2O3S. The van der Waals surface area contributed by atoms with Gasteiger partial charge in [0, 0.05) is 10.1 Å². The highest BCUT2D eigenvalue weighted by molar-refractivity contribution is 8.00. The van der Waals surface area contributed by atoms with E-state index in [1.54, 1.807) is 11.8 Å². The number of carbonyl (C=O) groups is 2. The molecule has 0 aromatic heterocycles. The number of fused-ring (bicyclic) bond motifs is 1. The highest BCUT2D eigenvalue weighted by Gasteiger charge is 2.33. The third kappa shape index (κ3) is 4.38. The molecule has 5 nitrogen and oxygen atoms in total. The number of ether oxygens (including phenoxy) is 1. The predicted molar refractivity (Wildman–Crippen MR) is 103 cm³/mol. The molecule has 0 aliphatic carbocycles. The van der Waals surface area contributed by atoms with E-state index in [-0.39, 0.29) is 17.8 Å². The summed E-state index contributed by atoms with van der Waals surface area (Å²) in [7, 11) is 0. The van der Waals surface area contributed by atoms with E-state index in [4.69, 9.17) is 4.74 Å². The normalized spacial score (nSPS) is 19.1. The van der Waals surface area contributed by atoms with Crippen LogP contribution in [0.2, 0.25) is 0 Å². The van der Waals surface area contributed by atoms with E-state index in [1.807, 2.05) is 56.3 Å². The van der Waals surface area contributed by atoms with Gasteiger partial charge in [-0.15, -0.1) is 11.8 Å². The highest BCUT2D eigenvalue weighted by atomic mass is 32.2. The molecule has 2 N–H and O–H groups in total. The van der Waals surface area contributed by atoms with Crippen LogP contribution in [0.5, 0.6) is 0 Å². The first-order valence-electron chi connectivity index (χ1n) is 8.62. The van der Waals surface area contributed by atoms with E-state index >= 15 is 0 Å². The second-order valence-corrected chi connectivity index (χ2v) is 7.52. The van der Waals surface area contributed by atoms with Crippen molar-refractivity contribution in [3.8, 4) is 0 Å². The number of anilines is 1. The minimum absolute atomic E-state index is 0.0673. The summed E-state index contributed by atoms with van der Waals surface area (Å²) in [6.07, 6.45) is 0.157. The van der Waals surface area contributed by atoms with E-state index in [9.17, 15) is 9.59 Å². The average molecular weight is 370 g/mol. The van der Waals surface area contributed by atoms with Gasteiger partial charge in [0.15, 0.2) is 0 Å². The number of thioether (sulfide) groups is 1. The van der Waals surface area contributed by atoms with Crippen molar-refractivity contribution in [2.24, 2.45) is 0 Å². The van der Waals surface area contributed by atoms with Crippen molar-refractivity contribution in [1.29, 1.82) is 0 Å². The van der Waals surface area contributed by atoms with Gasteiger partial charge < -0.3 is 15.4 Å². The van der Waals surface area contributed by atoms with E-state index in [0.717, 1.165) is 28.1 Å². The lowest BCUT2D eigenvalue weighted by atomic mass is 10.1. The number of aryl methyl sites for hydroxylation is 1. The lowest BCUT2D eigenvalue weighted by Gasteiger charge is -2.22. The van der Waals surface area contributed by atoms with Gasteiger partial charge >= 0.3 is 6.09 Å². The first-order valence-corrected chi connectivity index (χ1v) is 9.50. The van der Waals surface area contributed by atoms with Crippen molar-refractivity contribution in [2.75, 3.05) is 5.32 Å². The number of carbonyl (C=O) groups excluding carboxylic acids is 2. The Morgan fingerprint density at radius 3 is 2.73 bits per heavy atom. The molecule has 0 fully saturated rings. The zero-order valence-electron chi connectivity index (χ0n) is 14.8. The Morgan fingerprint density at radius 2 is 2.00 bits per heavy atom. The smallest absolute Gasteiger partial charge is 0.408 e. The summed E-state index contributed by atoms with van der Waals surface area (Å²) in [5.41, 5.74) is 2.82. The molecule has 3 rings (SSSR count). The van der Waals surface area contributed by atoms with Gasteiger partial charge in [-0.25, -0.2) is 4.79 Å². The van der Waals surface area contributed by atoms with Gasteiger partial charge in [-0.2, -0.15) is 0 Å². The van der Waals surface area contributed by atoms with Crippen LogP contribution >= 0.6 is 11.8 Å². The van der Waals surface area contributed by atoms with E-state index in [2.05, 4.69) is 16.7 Å². The molecule has 2 aromatic carbocycles. The third-order valence-electron chi connectivity index (χ3n) is 4.22. The Balaban J connectivity index is 1.68. The van der Waals surface area contributed by atoms with Crippen LogP contribution in [0.1, 0.15) is 24.5 Å². The monoisotopic (exact) mass is 370 g/mol. The van der Waals surface area contributed by atoms with Crippen molar-refractivity contribution >= 4 is 29.4 Å². The Bertz CT molecular complexity index is 795. The zero-order valence-corrected chi connectivity index (χ0v) is 15.6. The summed E-state index contributed by atoms with van der Waals surface area (Å²) < 4.78 is 5.27. The molecular weight excluding hydrogens is 348 g/mol. The molecule has 2 amide bonds. The maximum Gasteiger partial charge on any atom is 0.408 e. The van der Waals surface area contributed by atoms with Crippen LogP contribution in [-0.4, -0.2) is 23.3 Å². The van der Waals surface area contributed by atoms with Gasteiger partial charge in [0.05, 0.1) is 5.69 Å². The van der Waals surface area contributed by atoms with E-state index in [1.165, 1.54) is 0 Å². The van der Waals surface area contributed by atoms with E-state index in [0.29, 0.717) is 0 Å². The van der Waals surface area contributed by atoms with Crippen LogP contribution in [0.3, 0.4) is 0 Å². The first-order chi connectivity index (χ1) is 12.6. The number of alkyl carbamates (subject to hydrolysis) is 1. The van der Waals surface area contributed by atoms with Crippen molar-refractivity contribution in [3.63, 3.8) is 0 Å². The fraction of sp³-hybridized carbons (Fsp3) is 0.300. The fourth-order valence-electron chi connectivity index (χ4n) is 2.81. The van der Waals surface area contributed by atoms with E-state index < -0.39 is 12.1 Å². The standard InChI is InChI=1S/C20H22N2O3S/c1-3-16-18(22-20(24)25-12-14-7-5-4-6-8-14)19(23)21-15-10-9-13(2)11-17(15)26-16/h4-11,16,18H,3,12H2,1-2H3,(H,21,23)(H,22,24)/t16?,18-/m1/s1. The SMILES string of the molecule is CCC1Sc2cc(C)ccc2NC(=O)[C@@H]1NC(=O)OCc1ccccc1. The first kappa shape index (κ1) is 18.3. The maximum absolute atomic E-state index is 12.6. The Morgan fingerprint density at radius 1 is 1.23 bits per heavy atom. The van der Waals surface area contributed by atoms with Crippen LogP contribution in [-0.2, 0) is 16.1 Å². The Labute approximate surface area is 157 Å². The molecule has 26 heavy (non-hydrogen) atoms. The summed E-state index contributed by atoms with van der Waals surface area (Å²) in [6, 6.07) is 14.7. The Hall–Kier alpha value is -2.47. The van der Waals surface area contributed by atoms with Crippen LogP contribution in [0.15, 0.2) is 53.4 Å². The molecule has 0 saturated heterocycles. The summed E-state index contributed by atoms with van der Waals surface area (Å²) in [6.45, 7) is 4.20. The molecule has 136 valence electrons. The van der Waals surface area contributed by atoms with Gasteiger partial charge in [-0.05, 0) is 36.6 Å². The van der Waals surface area contributed by atoms with Crippen molar-refractivity contribution < 1.29 is 14.3 Å². The number of hydrogen-bond acceptors (Lipinski definition) is 4. The number of nitrogens with one attached hydrogen (secondary N) is 2. The zero-order chi connectivity index (χ0) is 18.5. The molecule has 0 saturated carbocycles. The summed E-state index contributed by atoms with van der Waals surface area (Å²) in [5.74, 6) is -0.219. The van der Waals surface area contributed by atoms with Crippen LogP contribution < -0.4 is 10.6 Å². The molecule has 1 aliphatic rings. The van der Waals surface area contributed by atoms with Crippen molar-refractivity contribution in [3.05, 3.63) is 59.7 Å². The van der Waals surface area contributed by atoms with Gasteiger partial charge in [0.25, 0.3) is 0 Å². The summed E-state index contributed by atoms with van der Waals surface area (Å²) >= 11 is 1.61. The summed E-state index contributed by atoms with van der Waals surface area (Å²) in [5, 5.41) is 5.58. The molecule has 2 atom stereocenters. The molecule has 0 radical (unpaired) electrons.